The Morgan fingerprint density at radius 1 is 1.32 bits per heavy atom. The summed E-state index contributed by atoms with van der Waals surface area (Å²) < 4.78 is 0. The lowest BCUT2D eigenvalue weighted by molar-refractivity contribution is -0.115. The topological polar surface area (TPSA) is 112 Å². The largest absolute Gasteiger partial charge is 0.493 e. The number of ketones is 1. The summed E-state index contributed by atoms with van der Waals surface area (Å²) in [5.41, 5.74) is 0.929. The first-order valence-corrected chi connectivity index (χ1v) is 8.60. The second-order valence-corrected chi connectivity index (χ2v) is 6.74. The first-order chi connectivity index (χ1) is 11.8. The normalized spacial score (nSPS) is 11.8. The Hall–Kier alpha value is -2.61. The van der Waals surface area contributed by atoms with Gasteiger partial charge in [-0.3, -0.25) is 14.4 Å². The van der Waals surface area contributed by atoms with Crippen molar-refractivity contribution in [3.05, 3.63) is 45.7 Å². The molecule has 1 atom stereocenters. The number of aromatic hydroxyl groups is 1. The summed E-state index contributed by atoms with van der Waals surface area (Å²) in [5, 5.41) is 12.1. The van der Waals surface area contributed by atoms with Crippen molar-refractivity contribution < 1.29 is 14.7 Å². The molecule has 1 amide bonds. The lowest BCUT2D eigenvalue weighted by Gasteiger charge is -2.12. The number of Topliss-reactive ketones (excluding diaryl/α,β-unsaturated/α-hetero) is 1. The molecule has 0 aliphatic rings. The minimum atomic E-state index is -0.553. The number of aromatic nitrogens is 2. The first kappa shape index (κ1) is 18.7. The number of hydrogen-bond acceptors (Lipinski definition) is 6. The molecule has 7 nitrogen and oxygen atoms in total. The van der Waals surface area contributed by atoms with Gasteiger partial charge in [0.25, 0.3) is 5.56 Å². The van der Waals surface area contributed by atoms with Gasteiger partial charge in [0.2, 0.25) is 11.8 Å². The minimum Gasteiger partial charge on any atom is -0.493 e. The smallest absolute Gasteiger partial charge is 0.258 e. The highest BCUT2D eigenvalue weighted by molar-refractivity contribution is 8.00. The summed E-state index contributed by atoms with van der Waals surface area (Å²) in [6.45, 7) is 4.88. The summed E-state index contributed by atoms with van der Waals surface area (Å²) in [6.07, 6.45) is 0.366. The molecule has 0 saturated carbocycles. The van der Waals surface area contributed by atoms with Crippen molar-refractivity contribution in [3.63, 3.8) is 0 Å². The van der Waals surface area contributed by atoms with E-state index in [1.165, 1.54) is 6.92 Å². The van der Waals surface area contributed by atoms with Crippen LogP contribution in [-0.4, -0.2) is 32.0 Å². The third-order valence-corrected chi connectivity index (χ3v) is 4.53. The van der Waals surface area contributed by atoms with E-state index in [-0.39, 0.29) is 28.3 Å². The van der Waals surface area contributed by atoms with Gasteiger partial charge in [-0.05, 0) is 44.5 Å². The zero-order valence-electron chi connectivity index (χ0n) is 14.1. The maximum Gasteiger partial charge on any atom is 0.258 e. The Morgan fingerprint density at radius 3 is 2.48 bits per heavy atom. The average Bonchev–Trinajstić information content (AvgIpc) is 2.55. The van der Waals surface area contributed by atoms with Crippen LogP contribution in [0.3, 0.4) is 0 Å². The number of aromatic amines is 1. The molecule has 2 rings (SSSR count). The molecule has 0 radical (unpaired) electrons. The lowest BCUT2D eigenvalue weighted by atomic mass is 10.1. The Morgan fingerprint density at radius 2 is 1.96 bits per heavy atom. The van der Waals surface area contributed by atoms with Crippen molar-refractivity contribution >= 4 is 29.1 Å². The summed E-state index contributed by atoms with van der Waals surface area (Å²) in [6, 6.07) is 6.56. The number of thioether (sulfide) groups is 1. The van der Waals surface area contributed by atoms with Crippen molar-refractivity contribution in [2.24, 2.45) is 0 Å². The number of carbonyl (C=O) groups is 2. The Labute approximate surface area is 148 Å². The van der Waals surface area contributed by atoms with E-state index in [2.05, 4.69) is 15.3 Å². The summed E-state index contributed by atoms with van der Waals surface area (Å²) >= 11 is 1.03. The first-order valence-electron chi connectivity index (χ1n) is 7.72. The van der Waals surface area contributed by atoms with Crippen molar-refractivity contribution in [1.29, 1.82) is 0 Å². The zero-order valence-corrected chi connectivity index (χ0v) is 14.9. The van der Waals surface area contributed by atoms with E-state index < -0.39 is 10.8 Å². The molecule has 0 fully saturated rings. The molecule has 0 aliphatic heterocycles. The number of amides is 1. The van der Waals surface area contributed by atoms with Gasteiger partial charge in [0.05, 0.1) is 10.8 Å². The van der Waals surface area contributed by atoms with Gasteiger partial charge in [-0.25, -0.2) is 0 Å². The summed E-state index contributed by atoms with van der Waals surface area (Å²) in [4.78, 5) is 41.8. The Kier molecular flexibility index (Phi) is 5.97. The van der Waals surface area contributed by atoms with E-state index >= 15 is 0 Å². The molecule has 1 aromatic carbocycles. The quantitative estimate of drug-likeness (QED) is 0.414. The Bertz CT molecular complexity index is 846. The van der Waals surface area contributed by atoms with Gasteiger partial charge in [-0.1, -0.05) is 18.7 Å². The molecule has 0 unspecified atom stereocenters. The zero-order chi connectivity index (χ0) is 18.6. The molecule has 2 aromatic rings. The van der Waals surface area contributed by atoms with Gasteiger partial charge in [-0.15, -0.1) is 0 Å². The number of benzene rings is 1. The second kappa shape index (κ2) is 7.98. The van der Waals surface area contributed by atoms with Crippen LogP contribution in [-0.2, 0) is 11.2 Å². The maximum atomic E-state index is 12.2. The molecule has 0 bridgehead atoms. The van der Waals surface area contributed by atoms with E-state index in [4.69, 9.17) is 0 Å². The van der Waals surface area contributed by atoms with E-state index in [9.17, 15) is 19.5 Å². The number of nitrogens with one attached hydrogen (secondary N) is 2. The molecule has 1 heterocycles. The number of nitrogens with zero attached hydrogens (tertiary/aromatic N) is 1. The van der Waals surface area contributed by atoms with Crippen molar-refractivity contribution in [3.8, 4) is 5.88 Å². The van der Waals surface area contributed by atoms with Gasteiger partial charge < -0.3 is 15.4 Å². The van der Waals surface area contributed by atoms with Gasteiger partial charge in [-0.2, -0.15) is 4.98 Å². The number of rotatable bonds is 6. The number of H-pyrrole nitrogens is 1. The summed E-state index contributed by atoms with van der Waals surface area (Å²) in [5.74, 6) is -0.657. The minimum absolute atomic E-state index is 0.0489. The molecule has 1 aromatic heterocycles. The maximum absolute atomic E-state index is 12.2. The molecule has 0 saturated heterocycles. The van der Waals surface area contributed by atoms with Crippen molar-refractivity contribution in [2.45, 2.75) is 37.6 Å². The molecule has 8 heteroatoms. The number of hydrogen-bond donors (Lipinski definition) is 3. The van der Waals surface area contributed by atoms with E-state index in [1.54, 1.807) is 38.1 Å². The molecular formula is C17H19N3O4S. The second-order valence-electron chi connectivity index (χ2n) is 5.41. The standard InChI is InChI=1S/C17H19N3O4S/c1-4-13-15(23)19-17(20-16(13)24)25-10(3)14(22)18-12-7-5-11(6-8-12)9(2)21/h5-8,10H,4H2,1-3H3,(H,18,22)(H2,19,20,23,24)/t10-/m1/s1. The van der Waals surface area contributed by atoms with Gasteiger partial charge in [0.1, 0.15) is 0 Å². The number of anilines is 1. The van der Waals surface area contributed by atoms with E-state index in [1.807, 2.05) is 0 Å². The van der Waals surface area contributed by atoms with Crippen LogP contribution >= 0.6 is 11.8 Å². The predicted octanol–water partition coefficient (Wildman–Crippen LogP) is 2.36. The summed E-state index contributed by atoms with van der Waals surface area (Å²) in [7, 11) is 0. The molecule has 3 N–H and O–H groups in total. The van der Waals surface area contributed by atoms with Crippen LogP contribution in [0.1, 0.15) is 36.7 Å². The van der Waals surface area contributed by atoms with Crippen LogP contribution in [0, 0.1) is 0 Å². The SMILES string of the molecule is CCc1c(O)nc(S[C@H](C)C(=O)Nc2ccc(C(C)=O)cc2)[nH]c1=O. The Balaban J connectivity index is 2.05. The lowest BCUT2D eigenvalue weighted by Crippen LogP contribution is -2.23. The molecule has 0 aliphatic carbocycles. The van der Waals surface area contributed by atoms with Gasteiger partial charge in [0, 0.05) is 11.3 Å². The monoisotopic (exact) mass is 361 g/mol. The van der Waals surface area contributed by atoms with E-state index in [0.717, 1.165) is 11.8 Å². The molecule has 0 spiro atoms. The van der Waals surface area contributed by atoms with Gasteiger partial charge in [0.15, 0.2) is 10.9 Å². The fraction of sp³-hybridized carbons (Fsp3) is 0.294. The van der Waals surface area contributed by atoms with Gasteiger partial charge >= 0.3 is 0 Å². The molecular weight excluding hydrogens is 342 g/mol. The fourth-order valence-electron chi connectivity index (χ4n) is 2.09. The van der Waals surface area contributed by atoms with E-state index in [0.29, 0.717) is 17.7 Å². The van der Waals surface area contributed by atoms with Crippen LogP contribution in [0.15, 0.2) is 34.2 Å². The predicted molar refractivity (Wildman–Crippen MR) is 96.3 cm³/mol. The van der Waals surface area contributed by atoms with Crippen LogP contribution in [0.25, 0.3) is 0 Å². The van der Waals surface area contributed by atoms with Crippen LogP contribution in [0.4, 0.5) is 5.69 Å². The molecule has 25 heavy (non-hydrogen) atoms. The average molecular weight is 361 g/mol. The third kappa shape index (κ3) is 4.69. The van der Waals surface area contributed by atoms with Crippen molar-refractivity contribution in [1.82, 2.24) is 9.97 Å². The highest BCUT2D eigenvalue weighted by atomic mass is 32.2. The van der Waals surface area contributed by atoms with Crippen LogP contribution in [0.5, 0.6) is 5.88 Å². The fourth-order valence-corrected chi connectivity index (χ4v) is 2.88. The molecule has 132 valence electrons. The highest BCUT2D eigenvalue weighted by Crippen LogP contribution is 2.22. The van der Waals surface area contributed by atoms with Crippen LogP contribution < -0.4 is 10.9 Å². The highest BCUT2D eigenvalue weighted by Gasteiger charge is 2.18. The third-order valence-electron chi connectivity index (χ3n) is 3.54. The van der Waals surface area contributed by atoms with Crippen LogP contribution in [0.2, 0.25) is 0 Å². The van der Waals surface area contributed by atoms with Crippen molar-refractivity contribution in [2.75, 3.05) is 5.32 Å². The number of carbonyl (C=O) groups excluding carboxylic acids is 2.